The first-order chi connectivity index (χ1) is 13.6. The maximum atomic E-state index is 13.2. The highest BCUT2D eigenvalue weighted by molar-refractivity contribution is 5.94. The maximum Gasteiger partial charge on any atom is 0.303 e. The van der Waals surface area contributed by atoms with E-state index in [2.05, 4.69) is 31.2 Å². The van der Waals surface area contributed by atoms with Crippen molar-refractivity contribution < 1.29 is 14.7 Å². The quantitative estimate of drug-likeness (QED) is 0.863. The van der Waals surface area contributed by atoms with Gasteiger partial charge in [0.1, 0.15) is 0 Å². The Bertz CT molecular complexity index is 877. The van der Waals surface area contributed by atoms with Crippen molar-refractivity contribution >= 4 is 11.9 Å². The van der Waals surface area contributed by atoms with Gasteiger partial charge in [0.2, 0.25) is 0 Å². The van der Waals surface area contributed by atoms with Crippen LogP contribution in [-0.4, -0.2) is 44.8 Å². The van der Waals surface area contributed by atoms with Crippen molar-refractivity contribution in [1.82, 2.24) is 14.7 Å². The molecular weight excluding hydrogens is 354 g/mol. The smallest absolute Gasteiger partial charge is 0.303 e. The number of amides is 1. The van der Waals surface area contributed by atoms with Gasteiger partial charge >= 0.3 is 5.97 Å². The fourth-order valence-electron chi connectivity index (χ4n) is 4.43. The fraction of sp³-hybridized carbons (Fsp3) is 0.500. The van der Waals surface area contributed by atoms with Gasteiger partial charge < -0.3 is 10.0 Å². The lowest BCUT2D eigenvalue weighted by molar-refractivity contribution is -0.138. The number of fused-ring (bicyclic) bond motifs is 1. The Kier molecular flexibility index (Phi) is 5.20. The van der Waals surface area contributed by atoms with E-state index in [1.54, 1.807) is 0 Å². The van der Waals surface area contributed by atoms with Crippen molar-refractivity contribution in [1.29, 1.82) is 0 Å². The Balaban J connectivity index is 1.55. The Morgan fingerprint density at radius 2 is 1.86 bits per heavy atom. The third-order valence-electron chi connectivity index (χ3n) is 6.09. The van der Waals surface area contributed by atoms with Crippen LogP contribution in [0.5, 0.6) is 0 Å². The predicted octanol–water partition coefficient (Wildman–Crippen LogP) is 3.25. The molecule has 2 heterocycles. The molecule has 1 N–H and O–H groups in total. The van der Waals surface area contributed by atoms with Gasteiger partial charge in [-0.1, -0.05) is 19.1 Å². The molecule has 4 rings (SSSR count). The third-order valence-corrected chi connectivity index (χ3v) is 6.09. The van der Waals surface area contributed by atoms with Gasteiger partial charge in [0.15, 0.2) is 5.69 Å². The van der Waals surface area contributed by atoms with E-state index in [-0.39, 0.29) is 18.2 Å². The van der Waals surface area contributed by atoms with Crippen molar-refractivity contribution in [3.63, 3.8) is 0 Å². The van der Waals surface area contributed by atoms with Crippen molar-refractivity contribution in [2.24, 2.45) is 5.92 Å². The third kappa shape index (κ3) is 3.55. The molecule has 0 radical (unpaired) electrons. The van der Waals surface area contributed by atoms with Gasteiger partial charge in [0.25, 0.3) is 5.91 Å². The largest absolute Gasteiger partial charge is 0.481 e. The van der Waals surface area contributed by atoms with Crippen LogP contribution in [0, 0.1) is 5.92 Å². The van der Waals surface area contributed by atoms with Gasteiger partial charge in [-0.05, 0) is 62.1 Å². The first-order valence-electron chi connectivity index (χ1n) is 10.3. The summed E-state index contributed by atoms with van der Waals surface area (Å²) in [5.74, 6) is -0.590. The summed E-state index contributed by atoms with van der Waals surface area (Å²) in [7, 11) is 0. The second kappa shape index (κ2) is 7.78. The number of rotatable bonds is 5. The molecule has 1 aliphatic heterocycles. The van der Waals surface area contributed by atoms with Gasteiger partial charge in [-0.2, -0.15) is 5.10 Å². The van der Waals surface area contributed by atoms with Gasteiger partial charge in [0.05, 0.1) is 5.69 Å². The zero-order chi connectivity index (χ0) is 19.7. The zero-order valence-corrected chi connectivity index (χ0v) is 16.4. The van der Waals surface area contributed by atoms with E-state index in [0.29, 0.717) is 18.8 Å². The van der Waals surface area contributed by atoms with Crippen LogP contribution in [0.25, 0.3) is 5.69 Å². The SMILES string of the molecule is CCc1ccc(-n2nc(C(=O)N3CCC(CC(=O)O)CC3)c3c2CCC3)cc1. The average molecular weight is 381 g/mol. The van der Waals surface area contributed by atoms with E-state index >= 15 is 0 Å². The molecule has 1 aromatic carbocycles. The Hall–Kier alpha value is -2.63. The number of benzene rings is 1. The highest BCUT2D eigenvalue weighted by Crippen LogP contribution is 2.30. The minimum Gasteiger partial charge on any atom is -0.481 e. The molecule has 2 aromatic rings. The Morgan fingerprint density at radius 1 is 1.14 bits per heavy atom. The monoisotopic (exact) mass is 381 g/mol. The number of hydrogen-bond donors (Lipinski definition) is 1. The molecule has 1 amide bonds. The fourth-order valence-corrected chi connectivity index (χ4v) is 4.43. The van der Waals surface area contributed by atoms with Crippen LogP contribution >= 0.6 is 0 Å². The topological polar surface area (TPSA) is 75.4 Å². The molecule has 6 nitrogen and oxygen atoms in total. The Labute approximate surface area is 165 Å². The summed E-state index contributed by atoms with van der Waals surface area (Å²) in [5.41, 5.74) is 5.14. The molecule has 1 saturated heterocycles. The number of likely N-dealkylation sites (tertiary alicyclic amines) is 1. The predicted molar refractivity (Wildman–Crippen MR) is 106 cm³/mol. The van der Waals surface area contributed by atoms with Crippen LogP contribution in [0.1, 0.15) is 59.9 Å². The molecule has 0 spiro atoms. The van der Waals surface area contributed by atoms with Crippen LogP contribution in [-0.2, 0) is 24.1 Å². The van der Waals surface area contributed by atoms with E-state index in [1.165, 1.54) is 5.56 Å². The standard InChI is InChI=1S/C22H27N3O3/c1-2-15-6-8-17(9-7-15)25-19-5-3-4-18(19)21(23-25)22(28)24-12-10-16(11-13-24)14-20(26)27/h6-9,16H,2-5,10-14H2,1H3,(H,26,27). The summed E-state index contributed by atoms with van der Waals surface area (Å²) in [5, 5.41) is 13.7. The molecular formula is C22H27N3O3. The number of carboxylic acid groups (broad SMARTS) is 1. The molecule has 28 heavy (non-hydrogen) atoms. The molecule has 0 atom stereocenters. The molecule has 1 aliphatic carbocycles. The lowest BCUT2D eigenvalue weighted by Crippen LogP contribution is -2.39. The molecule has 2 aliphatic rings. The van der Waals surface area contributed by atoms with Gasteiger partial charge in [-0.25, -0.2) is 4.68 Å². The number of aromatic nitrogens is 2. The normalized spacial score (nSPS) is 17.0. The number of carboxylic acids is 1. The maximum absolute atomic E-state index is 13.2. The van der Waals surface area contributed by atoms with Gasteiger partial charge in [0, 0.05) is 30.8 Å². The number of aryl methyl sites for hydroxylation is 1. The molecule has 0 unspecified atom stereocenters. The molecule has 1 aromatic heterocycles. The lowest BCUT2D eigenvalue weighted by Gasteiger charge is -2.31. The minimum absolute atomic E-state index is 0.00384. The van der Waals surface area contributed by atoms with Crippen molar-refractivity contribution in [2.75, 3.05) is 13.1 Å². The van der Waals surface area contributed by atoms with Crippen molar-refractivity contribution in [3.8, 4) is 5.69 Å². The highest BCUT2D eigenvalue weighted by atomic mass is 16.4. The van der Waals surface area contributed by atoms with E-state index in [4.69, 9.17) is 10.2 Å². The summed E-state index contributed by atoms with van der Waals surface area (Å²) >= 11 is 0. The van der Waals surface area contributed by atoms with Crippen LogP contribution < -0.4 is 0 Å². The number of nitrogens with zero attached hydrogens (tertiary/aromatic N) is 3. The minimum atomic E-state index is -0.754. The highest BCUT2D eigenvalue weighted by Gasteiger charge is 2.31. The molecule has 0 saturated carbocycles. The summed E-state index contributed by atoms with van der Waals surface area (Å²) in [4.78, 5) is 25.9. The van der Waals surface area contributed by atoms with E-state index in [9.17, 15) is 9.59 Å². The number of aliphatic carboxylic acids is 1. The molecule has 6 heteroatoms. The van der Waals surface area contributed by atoms with Crippen LogP contribution in [0.4, 0.5) is 0 Å². The number of carbonyl (C=O) groups excluding carboxylic acids is 1. The first-order valence-corrected chi connectivity index (χ1v) is 10.3. The number of carbonyl (C=O) groups is 2. The lowest BCUT2D eigenvalue weighted by atomic mass is 9.93. The second-order valence-corrected chi connectivity index (χ2v) is 7.89. The Morgan fingerprint density at radius 3 is 2.50 bits per heavy atom. The molecule has 1 fully saturated rings. The van der Waals surface area contributed by atoms with Crippen molar-refractivity contribution in [3.05, 3.63) is 46.8 Å². The van der Waals surface area contributed by atoms with Gasteiger partial charge in [-0.15, -0.1) is 0 Å². The van der Waals surface area contributed by atoms with E-state index in [1.807, 2.05) is 9.58 Å². The average Bonchev–Trinajstić information content (AvgIpc) is 3.30. The zero-order valence-electron chi connectivity index (χ0n) is 16.4. The van der Waals surface area contributed by atoms with Crippen LogP contribution in [0.15, 0.2) is 24.3 Å². The van der Waals surface area contributed by atoms with Crippen molar-refractivity contribution in [2.45, 2.75) is 51.9 Å². The summed E-state index contributed by atoms with van der Waals surface area (Å²) < 4.78 is 1.95. The summed E-state index contributed by atoms with van der Waals surface area (Å²) in [6.07, 6.45) is 5.60. The van der Waals surface area contributed by atoms with E-state index in [0.717, 1.165) is 55.5 Å². The van der Waals surface area contributed by atoms with Crippen LogP contribution in [0.2, 0.25) is 0 Å². The number of hydrogen-bond acceptors (Lipinski definition) is 3. The first kappa shape index (κ1) is 18.7. The number of piperidine rings is 1. The summed E-state index contributed by atoms with van der Waals surface area (Å²) in [6.45, 7) is 3.37. The van der Waals surface area contributed by atoms with E-state index < -0.39 is 5.97 Å². The molecule has 148 valence electrons. The molecule has 0 bridgehead atoms. The van der Waals surface area contributed by atoms with Gasteiger partial charge in [-0.3, -0.25) is 9.59 Å². The second-order valence-electron chi connectivity index (χ2n) is 7.89. The summed E-state index contributed by atoms with van der Waals surface area (Å²) in [6, 6.07) is 8.40. The van der Waals surface area contributed by atoms with Crippen LogP contribution in [0.3, 0.4) is 0 Å².